The van der Waals surface area contributed by atoms with Crippen molar-refractivity contribution >= 4 is 11.9 Å². The van der Waals surface area contributed by atoms with E-state index in [0.29, 0.717) is 6.54 Å². The van der Waals surface area contributed by atoms with E-state index in [4.69, 9.17) is 0 Å². The van der Waals surface area contributed by atoms with Crippen LogP contribution in [0.25, 0.3) is 0 Å². The van der Waals surface area contributed by atoms with Gasteiger partial charge < -0.3 is 15.0 Å². The lowest BCUT2D eigenvalue weighted by Gasteiger charge is -2.26. The third kappa shape index (κ3) is 4.64. The lowest BCUT2D eigenvalue weighted by atomic mass is 10.1. The molecule has 0 bridgehead atoms. The molecule has 5 heteroatoms. The third-order valence-corrected chi connectivity index (χ3v) is 3.21. The average molecular weight is 256 g/mol. The summed E-state index contributed by atoms with van der Waals surface area (Å²) < 4.78 is 4.64. The van der Waals surface area contributed by atoms with Crippen LogP contribution in [0.2, 0.25) is 0 Å². The second-order valence-electron chi connectivity index (χ2n) is 4.69. The van der Waals surface area contributed by atoms with Gasteiger partial charge in [0, 0.05) is 6.54 Å². The molecule has 0 radical (unpaired) electrons. The molecule has 104 valence electrons. The minimum Gasteiger partial charge on any atom is -0.468 e. The van der Waals surface area contributed by atoms with E-state index in [2.05, 4.69) is 10.1 Å². The minimum absolute atomic E-state index is 0.0316. The van der Waals surface area contributed by atoms with Crippen LogP contribution in [0.15, 0.2) is 0 Å². The molecule has 0 aliphatic carbocycles. The molecule has 1 aliphatic heterocycles. The first-order valence-electron chi connectivity index (χ1n) is 6.78. The van der Waals surface area contributed by atoms with Crippen molar-refractivity contribution in [3.8, 4) is 0 Å². The number of esters is 1. The smallest absolute Gasteiger partial charge is 0.325 e. The molecule has 1 fully saturated rings. The normalized spacial score (nSPS) is 20.0. The Morgan fingerprint density at radius 1 is 1.33 bits per heavy atom. The fourth-order valence-corrected chi connectivity index (χ4v) is 2.22. The van der Waals surface area contributed by atoms with Crippen LogP contribution in [0.1, 0.15) is 39.0 Å². The first-order valence-corrected chi connectivity index (χ1v) is 6.78. The summed E-state index contributed by atoms with van der Waals surface area (Å²) in [6, 6.07) is -0.135. The molecule has 0 saturated carbocycles. The SMILES string of the molecule is CCCN(CC(=O)OC)C(=O)C1CCCCCN1. The zero-order valence-electron chi connectivity index (χ0n) is 11.4. The number of carbonyl (C=O) groups is 2. The molecule has 1 saturated heterocycles. The van der Waals surface area contributed by atoms with Gasteiger partial charge in [0.25, 0.3) is 0 Å². The molecule has 1 unspecified atom stereocenters. The maximum absolute atomic E-state index is 12.3. The topological polar surface area (TPSA) is 58.6 Å². The fraction of sp³-hybridized carbons (Fsp3) is 0.846. The van der Waals surface area contributed by atoms with Crippen LogP contribution < -0.4 is 5.32 Å². The number of carbonyl (C=O) groups excluding carboxylic acids is 2. The number of nitrogens with one attached hydrogen (secondary N) is 1. The largest absolute Gasteiger partial charge is 0.468 e. The summed E-state index contributed by atoms with van der Waals surface area (Å²) in [6.07, 6.45) is 5.06. The highest BCUT2D eigenvalue weighted by atomic mass is 16.5. The summed E-state index contributed by atoms with van der Waals surface area (Å²) in [5.74, 6) is -0.324. The van der Waals surface area contributed by atoms with E-state index < -0.39 is 0 Å². The van der Waals surface area contributed by atoms with Gasteiger partial charge in [-0.1, -0.05) is 19.8 Å². The van der Waals surface area contributed by atoms with Crippen molar-refractivity contribution in [1.82, 2.24) is 10.2 Å². The standard InChI is InChI=1S/C13H24N2O3/c1-3-9-15(10-12(16)18-2)13(17)11-7-5-4-6-8-14-11/h11,14H,3-10H2,1-2H3. The maximum Gasteiger partial charge on any atom is 0.325 e. The zero-order chi connectivity index (χ0) is 13.4. The maximum atomic E-state index is 12.3. The van der Waals surface area contributed by atoms with Gasteiger partial charge in [-0.2, -0.15) is 0 Å². The predicted molar refractivity (Wildman–Crippen MR) is 69.1 cm³/mol. The van der Waals surface area contributed by atoms with Crippen molar-refractivity contribution in [2.24, 2.45) is 0 Å². The quantitative estimate of drug-likeness (QED) is 0.743. The fourth-order valence-electron chi connectivity index (χ4n) is 2.22. The number of ether oxygens (including phenoxy) is 1. The van der Waals surface area contributed by atoms with Gasteiger partial charge in [0.2, 0.25) is 5.91 Å². The van der Waals surface area contributed by atoms with Gasteiger partial charge in [-0.15, -0.1) is 0 Å². The van der Waals surface area contributed by atoms with E-state index in [-0.39, 0.29) is 24.5 Å². The van der Waals surface area contributed by atoms with Gasteiger partial charge >= 0.3 is 5.97 Å². The van der Waals surface area contributed by atoms with E-state index in [1.54, 1.807) is 4.90 Å². The van der Waals surface area contributed by atoms with Gasteiger partial charge in [0.05, 0.1) is 13.2 Å². The van der Waals surface area contributed by atoms with Crippen LogP contribution in [0.3, 0.4) is 0 Å². The van der Waals surface area contributed by atoms with Crippen LogP contribution in [0, 0.1) is 0 Å². The molecule has 1 heterocycles. The molecular formula is C13H24N2O3. The number of hydrogen-bond acceptors (Lipinski definition) is 4. The summed E-state index contributed by atoms with van der Waals surface area (Å²) >= 11 is 0. The van der Waals surface area contributed by atoms with E-state index in [9.17, 15) is 9.59 Å². The molecule has 1 amide bonds. The number of nitrogens with zero attached hydrogens (tertiary/aromatic N) is 1. The minimum atomic E-state index is -0.356. The van der Waals surface area contributed by atoms with E-state index >= 15 is 0 Å². The third-order valence-electron chi connectivity index (χ3n) is 3.21. The number of rotatable bonds is 5. The van der Waals surface area contributed by atoms with Gasteiger partial charge in [0.15, 0.2) is 0 Å². The molecule has 18 heavy (non-hydrogen) atoms. The second-order valence-corrected chi connectivity index (χ2v) is 4.69. The molecule has 5 nitrogen and oxygen atoms in total. The van der Waals surface area contributed by atoms with E-state index in [1.165, 1.54) is 13.5 Å². The molecule has 0 aromatic carbocycles. The van der Waals surface area contributed by atoms with E-state index in [0.717, 1.165) is 32.2 Å². The Hall–Kier alpha value is -1.10. The van der Waals surface area contributed by atoms with Crippen molar-refractivity contribution < 1.29 is 14.3 Å². The van der Waals surface area contributed by atoms with Crippen LogP contribution in [-0.2, 0) is 14.3 Å². The van der Waals surface area contributed by atoms with Gasteiger partial charge in [-0.25, -0.2) is 0 Å². The van der Waals surface area contributed by atoms with Crippen LogP contribution in [0.4, 0.5) is 0 Å². The second kappa shape index (κ2) is 8.08. The Labute approximate surface area is 109 Å². The molecule has 0 aromatic rings. The van der Waals surface area contributed by atoms with Crippen LogP contribution in [0.5, 0.6) is 0 Å². The Morgan fingerprint density at radius 2 is 2.11 bits per heavy atom. The molecule has 0 spiro atoms. The highest BCUT2D eigenvalue weighted by molar-refractivity contribution is 5.85. The molecule has 1 N–H and O–H groups in total. The van der Waals surface area contributed by atoms with Crippen molar-refractivity contribution in [1.29, 1.82) is 0 Å². The van der Waals surface area contributed by atoms with Crippen molar-refractivity contribution in [2.75, 3.05) is 26.7 Å². The zero-order valence-corrected chi connectivity index (χ0v) is 11.4. The number of amides is 1. The Kier molecular flexibility index (Phi) is 6.72. The predicted octanol–water partition coefficient (Wildman–Crippen LogP) is 0.930. The van der Waals surface area contributed by atoms with Gasteiger partial charge in [-0.05, 0) is 25.8 Å². The van der Waals surface area contributed by atoms with Crippen LogP contribution in [-0.4, -0.2) is 49.6 Å². The average Bonchev–Trinajstić information content (AvgIpc) is 2.66. The number of hydrogen-bond donors (Lipinski definition) is 1. The Bertz CT molecular complexity index is 273. The number of methoxy groups -OCH3 is 1. The first-order chi connectivity index (χ1) is 8.69. The van der Waals surface area contributed by atoms with Gasteiger partial charge in [-0.3, -0.25) is 9.59 Å². The molecule has 1 rings (SSSR count). The molecule has 1 atom stereocenters. The monoisotopic (exact) mass is 256 g/mol. The van der Waals surface area contributed by atoms with Crippen molar-refractivity contribution in [3.63, 3.8) is 0 Å². The highest BCUT2D eigenvalue weighted by Crippen LogP contribution is 2.11. The summed E-state index contributed by atoms with van der Waals surface area (Å²) in [5.41, 5.74) is 0. The van der Waals surface area contributed by atoms with Gasteiger partial charge in [0.1, 0.15) is 6.54 Å². The summed E-state index contributed by atoms with van der Waals surface area (Å²) in [5, 5.41) is 3.27. The summed E-state index contributed by atoms with van der Waals surface area (Å²) in [7, 11) is 1.35. The molecule has 1 aliphatic rings. The van der Waals surface area contributed by atoms with Crippen molar-refractivity contribution in [2.45, 2.75) is 45.1 Å². The van der Waals surface area contributed by atoms with Crippen molar-refractivity contribution in [3.05, 3.63) is 0 Å². The summed E-state index contributed by atoms with van der Waals surface area (Å²) in [6.45, 7) is 3.54. The lowest BCUT2D eigenvalue weighted by molar-refractivity contribution is -0.147. The first kappa shape index (κ1) is 15.0. The Balaban J connectivity index is 2.58. The van der Waals surface area contributed by atoms with E-state index in [1.807, 2.05) is 6.92 Å². The lowest BCUT2D eigenvalue weighted by Crippen LogP contribution is -2.48. The molecular weight excluding hydrogens is 232 g/mol. The summed E-state index contributed by atoms with van der Waals surface area (Å²) in [4.78, 5) is 25.3. The highest BCUT2D eigenvalue weighted by Gasteiger charge is 2.25. The van der Waals surface area contributed by atoms with Crippen LogP contribution >= 0.6 is 0 Å². The Morgan fingerprint density at radius 3 is 2.78 bits per heavy atom. The molecule has 0 aromatic heterocycles.